The van der Waals surface area contributed by atoms with Gasteiger partial charge in [-0.1, -0.05) is 72.6 Å². The van der Waals surface area contributed by atoms with E-state index in [2.05, 4.69) is 33.0 Å². The molecular weight excluding hydrogens is 206 g/mol. The van der Waals surface area contributed by atoms with E-state index in [1.165, 1.54) is 64.2 Å². The van der Waals surface area contributed by atoms with Gasteiger partial charge in [-0.05, 0) is 25.8 Å². The van der Waals surface area contributed by atoms with Gasteiger partial charge < -0.3 is 5.32 Å². The number of unbranched alkanes of at least 4 members (excludes halogenated alkanes) is 4. The predicted octanol–water partition coefficient (Wildman–Crippen LogP) is 5.30. The largest absolute Gasteiger partial charge is 0.312 e. The van der Waals surface area contributed by atoms with E-state index in [9.17, 15) is 0 Å². The summed E-state index contributed by atoms with van der Waals surface area (Å²) in [5.74, 6) is 0. The maximum absolute atomic E-state index is 3.82. The van der Waals surface area contributed by atoms with E-state index in [0.29, 0.717) is 5.54 Å². The summed E-state index contributed by atoms with van der Waals surface area (Å²) in [4.78, 5) is 0. The normalized spacial score (nSPS) is 12.0. The third-order valence-corrected chi connectivity index (χ3v) is 3.83. The average molecular weight is 241 g/mol. The lowest BCUT2D eigenvalue weighted by Crippen LogP contribution is -2.45. The van der Waals surface area contributed by atoms with Crippen molar-refractivity contribution in [3.63, 3.8) is 0 Å². The molecule has 104 valence electrons. The molecule has 0 aromatic heterocycles. The first kappa shape index (κ1) is 17.0. The summed E-state index contributed by atoms with van der Waals surface area (Å²) >= 11 is 0. The van der Waals surface area contributed by atoms with Crippen molar-refractivity contribution in [2.75, 3.05) is 6.54 Å². The molecule has 0 aliphatic carbocycles. The molecule has 0 aliphatic rings. The van der Waals surface area contributed by atoms with E-state index in [4.69, 9.17) is 0 Å². The van der Waals surface area contributed by atoms with Gasteiger partial charge in [-0.25, -0.2) is 0 Å². The Labute approximate surface area is 110 Å². The second kappa shape index (κ2) is 11.1. The summed E-state index contributed by atoms with van der Waals surface area (Å²) < 4.78 is 0. The van der Waals surface area contributed by atoms with Crippen molar-refractivity contribution in [1.29, 1.82) is 0 Å². The molecule has 0 saturated carbocycles. The first-order chi connectivity index (χ1) is 8.24. The zero-order chi connectivity index (χ0) is 13.0. The van der Waals surface area contributed by atoms with Crippen molar-refractivity contribution in [1.82, 2.24) is 5.32 Å². The molecule has 1 heteroatoms. The van der Waals surface area contributed by atoms with Crippen LogP contribution in [0.1, 0.15) is 91.9 Å². The molecular formula is C16H35N. The lowest BCUT2D eigenvalue weighted by molar-refractivity contribution is 0.245. The molecule has 17 heavy (non-hydrogen) atoms. The third kappa shape index (κ3) is 7.81. The SMILES string of the molecule is CCCCCC(CCCC)(CCCC)NCC. The van der Waals surface area contributed by atoms with Crippen molar-refractivity contribution < 1.29 is 0 Å². The van der Waals surface area contributed by atoms with Gasteiger partial charge in [0.15, 0.2) is 0 Å². The van der Waals surface area contributed by atoms with Gasteiger partial charge in [0.2, 0.25) is 0 Å². The quantitative estimate of drug-likeness (QED) is 0.457. The third-order valence-electron chi connectivity index (χ3n) is 3.83. The molecule has 0 spiro atoms. The van der Waals surface area contributed by atoms with Crippen LogP contribution in [0.15, 0.2) is 0 Å². The number of hydrogen-bond acceptors (Lipinski definition) is 1. The van der Waals surface area contributed by atoms with Crippen LogP contribution in [0.4, 0.5) is 0 Å². The fraction of sp³-hybridized carbons (Fsp3) is 1.00. The maximum atomic E-state index is 3.82. The van der Waals surface area contributed by atoms with E-state index in [0.717, 1.165) is 6.54 Å². The van der Waals surface area contributed by atoms with Crippen molar-refractivity contribution >= 4 is 0 Å². The Morgan fingerprint density at radius 2 is 1.12 bits per heavy atom. The van der Waals surface area contributed by atoms with Crippen molar-refractivity contribution in [3.05, 3.63) is 0 Å². The smallest absolute Gasteiger partial charge is 0.0181 e. The van der Waals surface area contributed by atoms with Gasteiger partial charge in [-0.3, -0.25) is 0 Å². The molecule has 1 N–H and O–H groups in total. The van der Waals surface area contributed by atoms with Crippen LogP contribution < -0.4 is 5.32 Å². The maximum Gasteiger partial charge on any atom is 0.0181 e. The van der Waals surface area contributed by atoms with Gasteiger partial charge >= 0.3 is 0 Å². The second-order valence-corrected chi connectivity index (χ2v) is 5.47. The molecule has 1 nitrogen and oxygen atoms in total. The molecule has 0 aromatic rings. The van der Waals surface area contributed by atoms with Gasteiger partial charge in [0.05, 0.1) is 0 Å². The van der Waals surface area contributed by atoms with Gasteiger partial charge in [-0.15, -0.1) is 0 Å². The van der Waals surface area contributed by atoms with Crippen LogP contribution in [0, 0.1) is 0 Å². The fourth-order valence-corrected chi connectivity index (χ4v) is 2.76. The van der Waals surface area contributed by atoms with Crippen LogP contribution in [0.3, 0.4) is 0 Å². The van der Waals surface area contributed by atoms with Crippen molar-refractivity contribution in [2.24, 2.45) is 0 Å². The predicted molar refractivity (Wildman–Crippen MR) is 79.6 cm³/mol. The molecule has 0 heterocycles. The first-order valence-electron chi connectivity index (χ1n) is 7.99. The Balaban J connectivity index is 4.32. The molecule has 0 atom stereocenters. The second-order valence-electron chi connectivity index (χ2n) is 5.47. The van der Waals surface area contributed by atoms with Crippen molar-refractivity contribution in [3.8, 4) is 0 Å². The Kier molecular flexibility index (Phi) is 11.0. The van der Waals surface area contributed by atoms with Crippen molar-refractivity contribution in [2.45, 2.75) is 97.4 Å². The summed E-state index contributed by atoms with van der Waals surface area (Å²) in [5, 5.41) is 3.82. The highest BCUT2D eigenvalue weighted by atomic mass is 15.0. The Bertz CT molecular complexity index is 146. The average Bonchev–Trinajstić information content (AvgIpc) is 2.34. The summed E-state index contributed by atoms with van der Waals surface area (Å²) in [5.41, 5.74) is 0.454. The number of rotatable bonds is 12. The zero-order valence-electron chi connectivity index (χ0n) is 12.8. The lowest BCUT2D eigenvalue weighted by atomic mass is 9.82. The molecule has 0 aliphatic heterocycles. The fourth-order valence-electron chi connectivity index (χ4n) is 2.76. The number of hydrogen-bond donors (Lipinski definition) is 1. The van der Waals surface area contributed by atoms with E-state index >= 15 is 0 Å². The standard InChI is InChI=1S/C16H35N/c1-5-9-12-15-16(17-8-4,13-10-6-2)14-11-7-3/h17H,5-15H2,1-4H3. The molecule has 0 fully saturated rings. The Hall–Kier alpha value is -0.0400. The van der Waals surface area contributed by atoms with E-state index < -0.39 is 0 Å². The molecule has 0 radical (unpaired) electrons. The Morgan fingerprint density at radius 1 is 0.647 bits per heavy atom. The van der Waals surface area contributed by atoms with Crippen LogP contribution in [0.25, 0.3) is 0 Å². The Morgan fingerprint density at radius 3 is 1.53 bits per heavy atom. The number of nitrogens with one attached hydrogen (secondary N) is 1. The highest BCUT2D eigenvalue weighted by molar-refractivity contribution is 4.87. The zero-order valence-corrected chi connectivity index (χ0v) is 12.8. The van der Waals surface area contributed by atoms with E-state index in [-0.39, 0.29) is 0 Å². The topological polar surface area (TPSA) is 12.0 Å². The minimum absolute atomic E-state index is 0.454. The van der Waals surface area contributed by atoms with E-state index in [1.807, 2.05) is 0 Å². The van der Waals surface area contributed by atoms with Crippen LogP contribution in [0.2, 0.25) is 0 Å². The summed E-state index contributed by atoms with van der Waals surface area (Å²) in [6.07, 6.45) is 13.7. The minimum atomic E-state index is 0.454. The summed E-state index contributed by atoms with van der Waals surface area (Å²) in [7, 11) is 0. The highest BCUT2D eigenvalue weighted by Gasteiger charge is 2.26. The van der Waals surface area contributed by atoms with Gasteiger partial charge in [0.25, 0.3) is 0 Å². The lowest BCUT2D eigenvalue weighted by Gasteiger charge is -2.35. The highest BCUT2D eigenvalue weighted by Crippen LogP contribution is 2.27. The monoisotopic (exact) mass is 241 g/mol. The molecule has 0 unspecified atom stereocenters. The molecule has 0 amide bonds. The van der Waals surface area contributed by atoms with Gasteiger partial charge in [0, 0.05) is 5.54 Å². The molecule has 0 aromatic carbocycles. The van der Waals surface area contributed by atoms with Gasteiger partial charge in [0.1, 0.15) is 0 Å². The van der Waals surface area contributed by atoms with Crippen LogP contribution in [-0.2, 0) is 0 Å². The van der Waals surface area contributed by atoms with Crippen LogP contribution in [0.5, 0.6) is 0 Å². The minimum Gasteiger partial charge on any atom is -0.312 e. The molecule has 0 rings (SSSR count). The first-order valence-corrected chi connectivity index (χ1v) is 7.99. The summed E-state index contributed by atoms with van der Waals surface area (Å²) in [6, 6.07) is 0. The molecule has 0 saturated heterocycles. The molecule has 0 bridgehead atoms. The van der Waals surface area contributed by atoms with Gasteiger partial charge in [-0.2, -0.15) is 0 Å². The summed E-state index contributed by atoms with van der Waals surface area (Å²) in [6.45, 7) is 10.3. The van der Waals surface area contributed by atoms with E-state index in [1.54, 1.807) is 0 Å². The van der Waals surface area contributed by atoms with Crippen LogP contribution in [-0.4, -0.2) is 12.1 Å². The van der Waals surface area contributed by atoms with Crippen LogP contribution >= 0.6 is 0 Å².